The van der Waals surface area contributed by atoms with Gasteiger partial charge >= 0.3 is 0 Å². The van der Waals surface area contributed by atoms with Crippen LogP contribution >= 0.6 is 0 Å². The minimum atomic E-state index is -0.717. The standard InChI is InChI=1S/C8H16Si2/c1-3-5-10(6-4-2)7-9-8-10/h3-4H,1-2,5-9H2. The Morgan fingerprint density at radius 3 is 1.90 bits per heavy atom. The number of allylic oxidation sites excluding steroid dienone is 2. The summed E-state index contributed by atoms with van der Waals surface area (Å²) in [6, 6.07) is 2.71. The molecule has 1 rings (SSSR count). The van der Waals surface area contributed by atoms with Gasteiger partial charge in [-0.15, -0.1) is 13.2 Å². The van der Waals surface area contributed by atoms with E-state index < -0.39 is 8.07 Å². The van der Waals surface area contributed by atoms with Crippen molar-refractivity contribution in [3.05, 3.63) is 25.3 Å². The lowest BCUT2D eigenvalue weighted by Gasteiger charge is -2.38. The molecule has 2 heteroatoms. The van der Waals surface area contributed by atoms with E-state index in [1.807, 2.05) is 0 Å². The van der Waals surface area contributed by atoms with Gasteiger partial charge in [0, 0.05) is 9.52 Å². The van der Waals surface area contributed by atoms with Crippen molar-refractivity contribution in [1.29, 1.82) is 0 Å². The molecule has 0 atom stereocenters. The molecule has 0 aliphatic carbocycles. The summed E-state index contributed by atoms with van der Waals surface area (Å²) in [7, 11) is -0.291. The van der Waals surface area contributed by atoms with Crippen LogP contribution in [0.15, 0.2) is 25.3 Å². The summed E-state index contributed by atoms with van der Waals surface area (Å²) >= 11 is 0. The summed E-state index contributed by atoms with van der Waals surface area (Å²) in [5.41, 5.74) is 3.32. The lowest BCUT2D eigenvalue weighted by Crippen LogP contribution is -2.45. The van der Waals surface area contributed by atoms with Crippen LogP contribution in [-0.2, 0) is 0 Å². The topological polar surface area (TPSA) is 0 Å². The number of hydrogen-bond donors (Lipinski definition) is 0. The first-order chi connectivity index (χ1) is 4.83. The van der Waals surface area contributed by atoms with Crippen LogP contribution in [0.3, 0.4) is 0 Å². The van der Waals surface area contributed by atoms with Crippen LogP contribution in [0.2, 0.25) is 23.4 Å². The molecule has 0 bridgehead atoms. The Kier molecular flexibility index (Phi) is 2.68. The lowest BCUT2D eigenvalue weighted by atomic mass is 10.7. The fourth-order valence-electron chi connectivity index (χ4n) is 1.78. The molecular formula is C8H16Si2. The molecule has 1 aliphatic heterocycles. The molecule has 0 spiro atoms. The number of rotatable bonds is 4. The van der Waals surface area contributed by atoms with E-state index in [1.54, 1.807) is 11.3 Å². The smallest absolute Gasteiger partial charge is 0.0547 e. The van der Waals surface area contributed by atoms with Gasteiger partial charge in [-0.1, -0.05) is 23.5 Å². The fourth-order valence-corrected chi connectivity index (χ4v) is 11.9. The summed E-state index contributed by atoms with van der Waals surface area (Å²) < 4.78 is 0. The highest BCUT2D eigenvalue weighted by atomic mass is 28.4. The molecule has 1 fully saturated rings. The first-order valence-corrected chi connectivity index (χ1v) is 8.88. The minimum absolute atomic E-state index is 0.426. The molecule has 0 amide bonds. The maximum absolute atomic E-state index is 3.83. The van der Waals surface area contributed by atoms with E-state index in [0.29, 0.717) is 9.52 Å². The van der Waals surface area contributed by atoms with E-state index in [4.69, 9.17) is 0 Å². The predicted molar refractivity (Wildman–Crippen MR) is 53.9 cm³/mol. The molecule has 0 aromatic rings. The second-order valence-corrected chi connectivity index (χ2v) is 11.9. The zero-order valence-corrected chi connectivity index (χ0v) is 9.02. The second-order valence-electron chi connectivity index (χ2n) is 3.34. The number of hydrogen-bond acceptors (Lipinski definition) is 0. The van der Waals surface area contributed by atoms with Gasteiger partial charge in [-0.3, -0.25) is 0 Å². The van der Waals surface area contributed by atoms with Crippen LogP contribution in [-0.4, -0.2) is 17.6 Å². The average molecular weight is 168 g/mol. The van der Waals surface area contributed by atoms with Gasteiger partial charge in [-0.25, -0.2) is 0 Å². The molecule has 0 nitrogen and oxygen atoms in total. The normalized spacial score (nSPS) is 21.2. The van der Waals surface area contributed by atoms with Crippen LogP contribution in [0.5, 0.6) is 0 Å². The van der Waals surface area contributed by atoms with Gasteiger partial charge in [-0.05, 0) is 12.1 Å². The van der Waals surface area contributed by atoms with E-state index in [1.165, 1.54) is 12.1 Å². The monoisotopic (exact) mass is 168 g/mol. The van der Waals surface area contributed by atoms with Crippen molar-refractivity contribution in [2.24, 2.45) is 0 Å². The van der Waals surface area contributed by atoms with E-state index in [-0.39, 0.29) is 0 Å². The Bertz CT molecular complexity index is 124. The highest BCUT2D eigenvalue weighted by Crippen LogP contribution is 2.33. The van der Waals surface area contributed by atoms with Crippen molar-refractivity contribution in [2.75, 3.05) is 0 Å². The molecule has 0 radical (unpaired) electrons. The summed E-state index contributed by atoms with van der Waals surface area (Å²) in [5.74, 6) is 0. The Balaban J connectivity index is 2.41. The quantitative estimate of drug-likeness (QED) is 0.444. The van der Waals surface area contributed by atoms with Crippen LogP contribution in [0.1, 0.15) is 0 Å². The molecule has 0 N–H and O–H groups in total. The van der Waals surface area contributed by atoms with E-state index >= 15 is 0 Å². The van der Waals surface area contributed by atoms with Crippen LogP contribution in [0.25, 0.3) is 0 Å². The lowest BCUT2D eigenvalue weighted by molar-refractivity contribution is 1.31. The van der Waals surface area contributed by atoms with Crippen LogP contribution < -0.4 is 0 Å². The third kappa shape index (κ3) is 1.49. The Labute approximate surface area is 66.9 Å². The zero-order chi connectivity index (χ0) is 7.45. The van der Waals surface area contributed by atoms with E-state index in [9.17, 15) is 0 Å². The van der Waals surface area contributed by atoms with Gasteiger partial charge in [-0.2, -0.15) is 0 Å². The van der Waals surface area contributed by atoms with Gasteiger partial charge in [0.05, 0.1) is 8.07 Å². The zero-order valence-electron chi connectivity index (χ0n) is 6.60. The Hall–Kier alpha value is -0.0862. The van der Waals surface area contributed by atoms with Crippen LogP contribution in [0, 0.1) is 0 Å². The molecule has 1 saturated heterocycles. The molecule has 1 heterocycles. The molecule has 0 aromatic heterocycles. The molecule has 0 aromatic carbocycles. The summed E-state index contributed by atoms with van der Waals surface area (Å²) in [4.78, 5) is 0. The van der Waals surface area contributed by atoms with Crippen LogP contribution in [0.4, 0.5) is 0 Å². The van der Waals surface area contributed by atoms with E-state index in [2.05, 4.69) is 25.3 Å². The molecular weight excluding hydrogens is 152 g/mol. The maximum atomic E-state index is 3.83. The summed E-state index contributed by atoms with van der Waals surface area (Å²) in [6.45, 7) is 7.65. The van der Waals surface area contributed by atoms with Gasteiger partial charge in [0.15, 0.2) is 0 Å². The van der Waals surface area contributed by atoms with Crippen molar-refractivity contribution in [2.45, 2.75) is 23.4 Å². The molecule has 1 aliphatic rings. The van der Waals surface area contributed by atoms with Gasteiger partial charge in [0.2, 0.25) is 0 Å². The van der Waals surface area contributed by atoms with Crippen molar-refractivity contribution in [3.63, 3.8) is 0 Å². The third-order valence-corrected chi connectivity index (χ3v) is 16.2. The maximum Gasteiger partial charge on any atom is 0.0547 e. The molecule has 0 unspecified atom stereocenters. The first kappa shape index (κ1) is 8.01. The largest absolute Gasteiger partial charge is 0.103 e. The summed E-state index contributed by atoms with van der Waals surface area (Å²) in [6.07, 6.45) is 4.26. The molecule has 0 saturated carbocycles. The predicted octanol–water partition coefficient (Wildman–Crippen LogP) is 1.90. The molecule has 10 heavy (non-hydrogen) atoms. The van der Waals surface area contributed by atoms with Crippen molar-refractivity contribution in [3.8, 4) is 0 Å². The van der Waals surface area contributed by atoms with Gasteiger partial charge in [0.25, 0.3) is 0 Å². The van der Waals surface area contributed by atoms with Crippen molar-refractivity contribution < 1.29 is 0 Å². The summed E-state index contributed by atoms with van der Waals surface area (Å²) in [5, 5.41) is 0. The minimum Gasteiger partial charge on any atom is -0.103 e. The second kappa shape index (κ2) is 3.35. The average Bonchev–Trinajstić information content (AvgIpc) is 1.84. The van der Waals surface area contributed by atoms with Crippen molar-refractivity contribution in [1.82, 2.24) is 0 Å². The fraction of sp³-hybridized carbons (Fsp3) is 0.500. The SMILES string of the molecule is C=CC[Si]1(CC=C)C[SiH2]C1. The highest BCUT2D eigenvalue weighted by Gasteiger charge is 2.36. The molecule has 56 valence electrons. The first-order valence-electron chi connectivity index (χ1n) is 4.05. The Morgan fingerprint density at radius 2 is 1.70 bits per heavy atom. The highest BCUT2D eigenvalue weighted by molar-refractivity contribution is 7.00. The van der Waals surface area contributed by atoms with E-state index in [0.717, 1.165) is 0 Å². The van der Waals surface area contributed by atoms with Gasteiger partial charge in [0.1, 0.15) is 0 Å². The third-order valence-electron chi connectivity index (χ3n) is 2.57. The van der Waals surface area contributed by atoms with Gasteiger partial charge < -0.3 is 0 Å². The Morgan fingerprint density at radius 1 is 1.20 bits per heavy atom. The van der Waals surface area contributed by atoms with Crippen molar-refractivity contribution >= 4 is 17.6 Å².